The first kappa shape index (κ1) is 21.9. The van der Waals surface area contributed by atoms with Crippen LogP contribution in [0.5, 0.6) is 0 Å². The fourth-order valence-corrected chi connectivity index (χ4v) is 4.63. The summed E-state index contributed by atoms with van der Waals surface area (Å²) in [5.74, 6) is 0. The van der Waals surface area contributed by atoms with Gasteiger partial charge >= 0.3 is 0 Å². The molecule has 1 aliphatic heterocycles. The molecule has 1 atom stereocenters. The number of anilines is 2. The number of nitrogens with one attached hydrogen (secondary N) is 2. The van der Waals surface area contributed by atoms with Crippen LogP contribution in [0.2, 0.25) is 5.02 Å². The number of benzene rings is 2. The summed E-state index contributed by atoms with van der Waals surface area (Å²) in [4.78, 5) is 4.82. The van der Waals surface area contributed by atoms with E-state index in [0.717, 1.165) is 54.6 Å². The minimum atomic E-state index is 0.449. The van der Waals surface area contributed by atoms with Gasteiger partial charge in [0.15, 0.2) is 5.11 Å². The van der Waals surface area contributed by atoms with E-state index in [-0.39, 0.29) is 0 Å². The minimum Gasteiger partial charge on any atom is -0.369 e. The molecule has 2 aliphatic rings. The fourth-order valence-electron chi connectivity index (χ4n) is 4.08. The van der Waals surface area contributed by atoms with Gasteiger partial charge in [-0.3, -0.25) is 4.90 Å². The van der Waals surface area contributed by atoms with Crippen LogP contribution in [-0.4, -0.2) is 36.2 Å². The van der Waals surface area contributed by atoms with Gasteiger partial charge in [0.05, 0.1) is 10.7 Å². The highest BCUT2D eigenvalue weighted by molar-refractivity contribution is 7.80. The maximum absolute atomic E-state index is 6.66. The predicted octanol–water partition coefficient (Wildman–Crippen LogP) is 5.39. The van der Waals surface area contributed by atoms with E-state index in [2.05, 4.69) is 76.4 Å². The number of allylic oxidation sites excluding steroid dienone is 3. The van der Waals surface area contributed by atoms with E-state index in [1.807, 2.05) is 24.3 Å². The molecular formula is C25H28ClN4S. The highest BCUT2D eigenvalue weighted by atomic mass is 35.5. The molecule has 2 aromatic carbocycles. The van der Waals surface area contributed by atoms with Crippen molar-refractivity contribution in [3.05, 3.63) is 89.5 Å². The van der Waals surface area contributed by atoms with Gasteiger partial charge in [-0.25, -0.2) is 0 Å². The molecule has 1 unspecified atom stereocenters. The molecule has 4 rings (SSSR count). The zero-order valence-corrected chi connectivity index (χ0v) is 19.3. The molecular weight excluding hydrogens is 424 g/mol. The monoisotopic (exact) mass is 451 g/mol. The zero-order chi connectivity index (χ0) is 21.6. The van der Waals surface area contributed by atoms with E-state index in [1.165, 1.54) is 5.56 Å². The number of likely N-dealkylation sites (N-methyl/N-ethyl adjacent to an activating group) is 1. The Morgan fingerprint density at radius 1 is 1.19 bits per heavy atom. The van der Waals surface area contributed by atoms with Crippen LogP contribution in [0.15, 0.2) is 72.5 Å². The van der Waals surface area contributed by atoms with Gasteiger partial charge in [0.1, 0.15) is 0 Å². The van der Waals surface area contributed by atoms with E-state index in [0.29, 0.717) is 11.2 Å². The number of halogens is 1. The summed E-state index contributed by atoms with van der Waals surface area (Å²) in [6.45, 7) is 3.13. The maximum atomic E-state index is 6.66. The Kier molecular flexibility index (Phi) is 7.28. The first-order valence-corrected chi connectivity index (χ1v) is 11.4. The van der Waals surface area contributed by atoms with Gasteiger partial charge in [0, 0.05) is 44.1 Å². The van der Waals surface area contributed by atoms with Crippen molar-refractivity contribution in [2.45, 2.75) is 25.4 Å². The second-order valence-electron chi connectivity index (χ2n) is 8.01. The van der Waals surface area contributed by atoms with Gasteiger partial charge in [0.25, 0.3) is 0 Å². The van der Waals surface area contributed by atoms with Crippen molar-refractivity contribution in [2.75, 3.05) is 30.4 Å². The Bertz CT molecular complexity index is 973. The Morgan fingerprint density at radius 2 is 2.03 bits per heavy atom. The molecule has 0 bridgehead atoms. The molecule has 6 heteroatoms. The predicted molar refractivity (Wildman–Crippen MR) is 135 cm³/mol. The van der Waals surface area contributed by atoms with Gasteiger partial charge in [-0.05, 0) is 61.3 Å². The van der Waals surface area contributed by atoms with Crippen LogP contribution in [0.25, 0.3) is 0 Å². The molecule has 1 heterocycles. The van der Waals surface area contributed by atoms with Gasteiger partial charge in [0.2, 0.25) is 0 Å². The van der Waals surface area contributed by atoms with E-state index in [9.17, 15) is 0 Å². The van der Waals surface area contributed by atoms with Crippen LogP contribution < -0.4 is 15.5 Å². The van der Waals surface area contributed by atoms with E-state index in [1.54, 1.807) is 0 Å². The molecule has 2 N–H and O–H groups in total. The molecule has 0 amide bonds. The second-order valence-corrected chi connectivity index (χ2v) is 8.82. The molecule has 4 nitrogen and oxygen atoms in total. The van der Waals surface area contributed by atoms with Crippen LogP contribution in [0.1, 0.15) is 18.4 Å². The van der Waals surface area contributed by atoms with E-state index < -0.39 is 0 Å². The smallest absolute Gasteiger partial charge is 0.175 e. The van der Waals surface area contributed by atoms with Crippen molar-refractivity contribution in [2.24, 2.45) is 0 Å². The maximum Gasteiger partial charge on any atom is 0.175 e. The Morgan fingerprint density at radius 3 is 2.77 bits per heavy atom. The summed E-state index contributed by atoms with van der Waals surface area (Å²) < 4.78 is 0. The van der Waals surface area contributed by atoms with Crippen LogP contribution in [0, 0.1) is 6.42 Å². The van der Waals surface area contributed by atoms with E-state index in [4.69, 9.17) is 23.8 Å². The van der Waals surface area contributed by atoms with Crippen molar-refractivity contribution >= 4 is 40.3 Å². The number of nitrogens with zero attached hydrogens (tertiary/aromatic N) is 2. The van der Waals surface area contributed by atoms with Gasteiger partial charge < -0.3 is 15.5 Å². The molecule has 2 aromatic rings. The summed E-state index contributed by atoms with van der Waals surface area (Å²) in [5, 5.41) is 7.72. The number of hydrogen-bond acceptors (Lipinski definition) is 3. The summed E-state index contributed by atoms with van der Waals surface area (Å²) >= 11 is 12.1. The Hall–Kier alpha value is -2.34. The first-order valence-electron chi connectivity index (χ1n) is 10.7. The summed E-state index contributed by atoms with van der Waals surface area (Å²) in [6, 6.07) is 17.2. The van der Waals surface area contributed by atoms with E-state index >= 15 is 0 Å². The van der Waals surface area contributed by atoms with Crippen molar-refractivity contribution in [3.63, 3.8) is 0 Å². The average molecular weight is 452 g/mol. The van der Waals surface area contributed by atoms with Crippen LogP contribution >= 0.6 is 23.8 Å². The number of likely N-dealkylation sites (tertiary alicyclic amines) is 1. The molecule has 161 valence electrons. The summed E-state index contributed by atoms with van der Waals surface area (Å²) in [7, 11) is 2.14. The molecule has 31 heavy (non-hydrogen) atoms. The van der Waals surface area contributed by atoms with Crippen molar-refractivity contribution < 1.29 is 0 Å². The molecule has 0 aromatic heterocycles. The Balaban J connectivity index is 1.33. The molecule has 0 spiro atoms. The largest absolute Gasteiger partial charge is 0.369 e. The minimum absolute atomic E-state index is 0.449. The molecule has 0 saturated carbocycles. The molecule has 1 saturated heterocycles. The molecule has 1 radical (unpaired) electrons. The normalized spacial score (nSPS) is 18.5. The zero-order valence-electron chi connectivity index (χ0n) is 17.7. The third-order valence-corrected chi connectivity index (χ3v) is 6.28. The third-order valence-electron chi connectivity index (χ3n) is 5.77. The third kappa shape index (κ3) is 5.88. The lowest BCUT2D eigenvalue weighted by Crippen LogP contribution is -2.34. The SMILES string of the molecule is CN(c1ccc(NC(=S)NC2=CC[CH]C=C2)cc1Cl)C1CCN(Cc2ccccc2)C1. The van der Waals surface area contributed by atoms with Crippen molar-refractivity contribution in [3.8, 4) is 0 Å². The number of rotatable bonds is 6. The van der Waals surface area contributed by atoms with Gasteiger partial charge in [-0.1, -0.05) is 54.1 Å². The standard InChI is InChI=1S/C25H28ClN4S/c1-29(22-14-15-30(18-22)17-19-8-4-2-5-9-19)24-13-12-21(16-23(24)26)28-25(31)27-20-10-6-3-7-11-20/h2-6,8-13,16,22H,7,14-15,17-18H2,1H3,(H2,27,28,31). The highest BCUT2D eigenvalue weighted by Crippen LogP contribution is 2.31. The quantitative estimate of drug-likeness (QED) is 0.575. The van der Waals surface area contributed by atoms with Crippen molar-refractivity contribution in [1.82, 2.24) is 10.2 Å². The lowest BCUT2D eigenvalue weighted by Gasteiger charge is -2.28. The van der Waals surface area contributed by atoms with Gasteiger partial charge in [-0.2, -0.15) is 0 Å². The number of hydrogen-bond donors (Lipinski definition) is 2. The number of thiocarbonyl (C=S) groups is 1. The first-order chi connectivity index (χ1) is 15.1. The Labute approximate surface area is 195 Å². The van der Waals surface area contributed by atoms with Gasteiger partial charge in [-0.15, -0.1) is 0 Å². The summed E-state index contributed by atoms with van der Waals surface area (Å²) in [6.07, 6.45) is 10.3. The lowest BCUT2D eigenvalue weighted by molar-refractivity contribution is 0.326. The summed E-state index contributed by atoms with van der Waals surface area (Å²) in [5.41, 5.74) is 4.29. The average Bonchev–Trinajstić information content (AvgIpc) is 3.23. The van der Waals surface area contributed by atoms with Crippen LogP contribution in [0.4, 0.5) is 11.4 Å². The van der Waals surface area contributed by atoms with Crippen molar-refractivity contribution in [1.29, 1.82) is 0 Å². The highest BCUT2D eigenvalue weighted by Gasteiger charge is 2.26. The topological polar surface area (TPSA) is 30.5 Å². The fraction of sp³-hybridized carbons (Fsp3) is 0.280. The van der Waals surface area contributed by atoms with Crippen LogP contribution in [-0.2, 0) is 6.54 Å². The lowest BCUT2D eigenvalue weighted by atomic mass is 10.1. The molecule has 1 fully saturated rings. The van der Waals surface area contributed by atoms with Crippen LogP contribution in [0.3, 0.4) is 0 Å². The molecule has 1 aliphatic carbocycles. The second kappa shape index (κ2) is 10.3.